The summed E-state index contributed by atoms with van der Waals surface area (Å²) in [6.07, 6.45) is 5.20. The van der Waals surface area contributed by atoms with Crippen molar-refractivity contribution in [2.45, 2.75) is 51.3 Å². The van der Waals surface area contributed by atoms with E-state index in [0.29, 0.717) is 47.9 Å². The number of nitrogens with zero attached hydrogens (tertiary/aromatic N) is 5. The molecule has 2 fully saturated rings. The van der Waals surface area contributed by atoms with Crippen LogP contribution >= 0.6 is 11.6 Å². The Hall–Kier alpha value is -4.28. The van der Waals surface area contributed by atoms with Gasteiger partial charge in [-0.2, -0.15) is 4.98 Å². The van der Waals surface area contributed by atoms with Crippen LogP contribution in [0.4, 0.5) is 10.7 Å². The van der Waals surface area contributed by atoms with Gasteiger partial charge in [-0.05, 0) is 62.1 Å². The highest BCUT2D eigenvalue weighted by Gasteiger charge is 2.36. The number of imidazole rings is 1. The molecule has 1 aliphatic carbocycles. The van der Waals surface area contributed by atoms with Crippen LogP contribution in [0.2, 0.25) is 5.02 Å². The second-order valence-corrected chi connectivity index (χ2v) is 11.9. The van der Waals surface area contributed by atoms with Crippen molar-refractivity contribution in [1.82, 2.24) is 19.5 Å². The first kappa shape index (κ1) is 29.8. The Kier molecular flexibility index (Phi) is 8.63. The molecule has 2 aliphatic rings. The van der Waals surface area contributed by atoms with Gasteiger partial charge in [0.05, 0.1) is 18.8 Å². The van der Waals surface area contributed by atoms with Crippen LogP contribution in [0.1, 0.15) is 50.0 Å². The third-order valence-electron chi connectivity index (χ3n) is 8.64. The van der Waals surface area contributed by atoms with Gasteiger partial charge >= 0.3 is 6.09 Å². The topological polar surface area (TPSA) is 132 Å². The van der Waals surface area contributed by atoms with Gasteiger partial charge in [-0.15, -0.1) is 6.58 Å². The number of carbonyl (C=O) groups excluding carboxylic acids is 1. The molecule has 44 heavy (non-hydrogen) atoms. The first-order valence-electron chi connectivity index (χ1n) is 15.0. The molecule has 4 aromatic rings. The minimum absolute atomic E-state index is 0.0874. The number of rotatable bonds is 7. The second kappa shape index (κ2) is 12.8. The summed E-state index contributed by atoms with van der Waals surface area (Å²) in [6, 6.07) is 17.6. The molecule has 10 nitrogen and oxygen atoms in total. The van der Waals surface area contributed by atoms with Crippen LogP contribution in [0, 0.1) is 17.2 Å². The number of primary amides is 1. The molecule has 0 bridgehead atoms. The quantitative estimate of drug-likeness (QED) is 0.138. The summed E-state index contributed by atoms with van der Waals surface area (Å²) in [7, 11) is 0. The Bertz CT molecular complexity index is 1680. The largest absolute Gasteiger partial charge is 0.411 e. The SMILES string of the molecule is C=CC1CCC(Cn2c(N3CCO[C@@H](C)[C@H]3c3ccccc3)nc3nc(C(=N)OC(N)=O)nc(-c4cccc(Cl)c4)c32)CC1. The summed E-state index contributed by atoms with van der Waals surface area (Å²) in [4.78, 5) is 28.4. The van der Waals surface area contributed by atoms with Gasteiger partial charge in [-0.1, -0.05) is 60.1 Å². The number of amides is 1. The van der Waals surface area contributed by atoms with E-state index < -0.39 is 12.0 Å². The van der Waals surface area contributed by atoms with Crippen molar-refractivity contribution in [3.63, 3.8) is 0 Å². The Morgan fingerprint density at radius 2 is 1.91 bits per heavy atom. The molecule has 1 aliphatic heterocycles. The number of fused-ring (bicyclic) bond motifs is 1. The van der Waals surface area contributed by atoms with E-state index >= 15 is 0 Å². The molecule has 11 heteroatoms. The third kappa shape index (κ3) is 6.05. The molecular weight excluding hydrogens is 578 g/mol. The molecule has 3 N–H and O–H groups in total. The predicted octanol–water partition coefficient (Wildman–Crippen LogP) is 6.53. The molecule has 0 unspecified atom stereocenters. The summed E-state index contributed by atoms with van der Waals surface area (Å²) in [6.45, 7) is 8.00. The van der Waals surface area contributed by atoms with Gasteiger partial charge in [0.25, 0.3) is 5.90 Å². The van der Waals surface area contributed by atoms with Crippen LogP contribution in [-0.4, -0.2) is 50.8 Å². The molecule has 1 saturated carbocycles. The van der Waals surface area contributed by atoms with Crippen LogP contribution in [0.3, 0.4) is 0 Å². The third-order valence-corrected chi connectivity index (χ3v) is 8.88. The number of nitrogens with one attached hydrogen (secondary N) is 1. The van der Waals surface area contributed by atoms with E-state index in [1.807, 2.05) is 36.4 Å². The minimum Gasteiger partial charge on any atom is -0.388 e. The number of morpholine rings is 1. The molecule has 2 aromatic carbocycles. The first-order chi connectivity index (χ1) is 21.3. The Morgan fingerprint density at radius 1 is 1.14 bits per heavy atom. The van der Waals surface area contributed by atoms with Gasteiger partial charge < -0.3 is 24.7 Å². The van der Waals surface area contributed by atoms with Crippen LogP contribution in [0.15, 0.2) is 67.3 Å². The minimum atomic E-state index is -1.11. The van der Waals surface area contributed by atoms with E-state index in [1.165, 1.54) is 0 Å². The molecule has 1 amide bonds. The fourth-order valence-electron chi connectivity index (χ4n) is 6.51. The number of hydrogen-bond donors (Lipinski definition) is 2. The molecule has 2 atom stereocenters. The standard InChI is InChI=1S/C33H36ClN7O3/c1-3-21-12-14-22(15-13-21)19-41-28-26(24-10-7-11-25(34)18-24)37-31(29(35)44-32(36)42)38-30(28)39-33(41)40-16-17-43-20(2)27(40)23-8-5-4-6-9-23/h3-11,18,20-22,27,35H,1,12-17,19H2,2H3,(H2,36,42)/t20-,21?,22?,27-/m0/s1. The smallest absolute Gasteiger partial charge is 0.388 e. The highest BCUT2D eigenvalue weighted by atomic mass is 35.5. The highest BCUT2D eigenvalue weighted by Crippen LogP contribution is 2.39. The lowest BCUT2D eigenvalue weighted by atomic mass is 9.82. The van der Waals surface area contributed by atoms with Gasteiger partial charge in [-0.25, -0.2) is 14.8 Å². The number of aromatic nitrogens is 4. The van der Waals surface area contributed by atoms with Crippen LogP contribution in [0.25, 0.3) is 22.4 Å². The molecule has 0 spiro atoms. The number of halogens is 1. The average Bonchev–Trinajstić information content (AvgIpc) is 3.38. The summed E-state index contributed by atoms with van der Waals surface area (Å²) in [5.41, 5.74) is 8.75. The van der Waals surface area contributed by atoms with E-state index in [1.54, 1.807) is 6.07 Å². The normalized spacial score (nSPS) is 22.1. The van der Waals surface area contributed by atoms with Gasteiger partial charge in [0.1, 0.15) is 11.2 Å². The van der Waals surface area contributed by atoms with E-state index in [4.69, 9.17) is 42.2 Å². The molecule has 2 aromatic heterocycles. The lowest BCUT2D eigenvalue weighted by Gasteiger charge is -2.41. The van der Waals surface area contributed by atoms with Gasteiger partial charge in [0.15, 0.2) is 5.65 Å². The summed E-state index contributed by atoms with van der Waals surface area (Å²) in [5, 5.41) is 8.90. The summed E-state index contributed by atoms with van der Waals surface area (Å²) in [5.74, 6) is 1.07. The predicted molar refractivity (Wildman–Crippen MR) is 171 cm³/mol. The second-order valence-electron chi connectivity index (χ2n) is 11.5. The zero-order chi connectivity index (χ0) is 30.8. The Balaban J connectivity index is 1.57. The first-order valence-corrected chi connectivity index (χ1v) is 15.4. The van der Waals surface area contributed by atoms with E-state index in [0.717, 1.165) is 48.3 Å². The number of nitrogens with two attached hydrogens (primary N) is 1. The van der Waals surface area contributed by atoms with E-state index in [2.05, 4.69) is 46.2 Å². The number of benzene rings is 2. The van der Waals surface area contributed by atoms with Gasteiger partial charge in [0, 0.05) is 23.7 Å². The van der Waals surface area contributed by atoms with E-state index in [-0.39, 0.29) is 18.0 Å². The monoisotopic (exact) mass is 613 g/mol. The highest BCUT2D eigenvalue weighted by molar-refractivity contribution is 6.30. The van der Waals surface area contributed by atoms with Crippen LogP contribution in [0.5, 0.6) is 0 Å². The number of anilines is 1. The molecule has 228 valence electrons. The van der Waals surface area contributed by atoms with Crippen molar-refractivity contribution in [3.8, 4) is 11.3 Å². The van der Waals surface area contributed by atoms with Crippen molar-refractivity contribution in [2.24, 2.45) is 17.6 Å². The number of ether oxygens (including phenoxy) is 2. The zero-order valence-electron chi connectivity index (χ0n) is 24.7. The summed E-state index contributed by atoms with van der Waals surface area (Å²) < 4.78 is 13.3. The maximum atomic E-state index is 11.5. The maximum Gasteiger partial charge on any atom is 0.411 e. The molecule has 0 radical (unpaired) electrons. The van der Waals surface area contributed by atoms with Crippen molar-refractivity contribution in [2.75, 3.05) is 18.1 Å². The summed E-state index contributed by atoms with van der Waals surface area (Å²) >= 11 is 6.45. The zero-order valence-corrected chi connectivity index (χ0v) is 25.4. The van der Waals surface area contributed by atoms with Crippen LogP contribution in [-0.2, 0) is 16.0 Å². The van der Waals surface area contributed by atoms with E-state index in [9.17, 15) is 4.79 Å². The molecule has 3 heterocycles. The molecule has 6 rings (SSSR count). The Labute approximate surface area is 261 Å². The van der Waals surface area contributed by atoms with Crippen molar-refractivity contribution in [3.05, 3.63) is 83.7 Å². The lowest BCUT2D eigenvalue weighted by molar-refractivity contribution is 0.0221. The maximum absolute atomic E-state index is 11.5. The van der Waals surface area contributed by atoms with Crippen molar-refractivity contribution >= 4 is 40.7 Å². The number of allylic oxidation sites excluding steroid dienone is 1. The average molecular weight is 614 g/mol. The fourth-order valence-corrected chi connectivity index (χ4v) is 6.70. The number of hydrogen-bond acceptors (Lipinski definition) is 8. The number of carbonyl (C=O) groups is 1. The fraction of sp³-hybridized carbons (Fsp3) is 0.364. The molecular formula is C33H36ClN7O3. The van der Waals surface area contributed by atoms with Gasteiger partial charge in [-0.3, -0.25) is 5.41 Å². The van der Waals surface area contributed by atoms with Crippen LogP contribution < -0.4 is 10.6 Å². The van der Waals surface area contributed by atoms with Crippen molar-refractivity contribution < 1.29 is 14.3 Å². The lowest BCUT2D eigenvalue weighted by Crippen LogP contribution is -2.45. The molecule has 1 saturated heterocycles. The van der Waals surface area contributed by atoms with Crippen molar-refractivity contribution in [1.29, 1.82) is 5.41 Å². The van der Waals surface area contributed by atoms with Gasteiger partial charge in [0.2, 0.25) is 11.8 Å². The Morgan fingerprint density at radius 3 is 2.61 bits per heavy atom.